The summed E-state index contributed by atoms with van der Waals surface area (Å²) in [5, 5.41) is 0. The number of halogens is 2. The molecule has 1 aromatic carbocycles. The molecule has 0 aliphatic heterocycles. The Morgan fingerprint density at radius 2 is 1.81 bits per heavy atom. The molecule has 11 heteroatoms. The van der Waals surface area contributed by atoms with Crippen molar-refractivity contribution < 1.29 is 21.2 Å². The highest BCUT2D eigenvalue weighted by molar-refractivity contribution is 7.92. The molecule has 0 radical (unpaired) electrons. The van der Waals surface area contributed by atoms with E-state index in [4.69, 9.17) is 5.73 Å². The van der Waals surface area contributed by atoms with Gasteiger partial charge in [0, 0.05) is 19.6 Å². The van der Waals surface area contributed by atoms with E-state index in [1.165, 1.54) is 20.0 Å². The lowest BCUT2D eigenvalue weighted by Gasteiger charge is -2.21. The molecule has 0 aromatic heterocycles. The van der Waals surface area contributed by atoms with Gasteiger partial charge in [-0.15, -0.1) is 12.4 Å². The highest BCUT2D eigenvalue weighted by Gasteiger charge is 2.23. The molecule has 0 saturated heterocycles. The Hall–Kier alpha value is -0.940. The van der Waals surface area contributed by atoms with E-state index >= 15 is 0 Å². The quantitative estimate of drug-likeness (QED) is 0.621. The Bertz CT molecular complexity index is 801. The first kappa shape index (κ1) is 25.1. The van der Waals surface area contributed by atoms with Crippen LogP contribution in [0.4, 0.5) is 10.1 Å². The largest absolute Gasteiger partial charge is 0.327 e. The average molecular weight is 432 g/mol. The molecule has 152 valence electrons. The third-order valence-electron chi connectivity index (χ3n) is 3.93. The zero-order valence-electron chi connectivity index (χ0n) is 15.3. The molecule has 0 bridgehead atoms. The Labute approximate surface area is 161 Å². The zero-order valence-corrected chi connectivity index (χ0v) is 17.7. The molecule has 0 aliphatic carbocycles. The summed E-state index contributed by atoms with van der Waals surface area (Å²) in [6, 6.07) is 2.94. The van der Waals surface area contributed by atoms with Crippen molar-refractivity contribution in [2.45, 2.75) is 38.1 Å². The van der Waals surface area contributed by atoms with Crippen molar-refractivity contribution in [3.8, 4) is 0 Å². The zero-order chi connectivity index (χ0) is 19.4. The van der Waals surface area contributed by atoms with E-state index in [1.807, 2.05) is 13.8 Å². The van der Waals surface area contributed by atoms with Crippen molar-refractivity contribution in [2.75, 3.05) is 24.1 Å². The summed E-state index contributed by atoms with van der Waals surface area (Å²) in [5.74, 6) is -0.949. The average Bonchev–Trinajstić information content (AvgIpc) is 2.53. The Balaban J connectivity index is 0.00000625. The van der Waals surface area contributed by atoms with Crippen LogP contribution in [0.25, 0.3) is 0 Å². The minimum Gasteiger partial charge on any atom is -0.327 e. The number of nitrogens with zero attached hydrogens (tertiary/aromatic N) is 1. The van der Waals surface area contributed by atoms with Crippen molar-refractivity contribution in [3.05, 3.63) is 24.0 Å². The molecule has 1 unspecified atom stereocenters. The van der Waals surface area contributed by atoms with E-state index < -0.39 is 25.9 Å². The number of nitrogens with two attached hydrogens (primary N) is 1. The third-order valence-corrected chi connectivity index (χ3v) is 7.07. The van der Waals surface area contributed by atoms with Gasteiger partial charge in [-0.05, 0) is 37.5 Å². The summed E-state index contributed by atoms with van der Waals surface area (Å²) in [5.41, 5.74) is 5.63. The number of rotatable bonds is 9. The molecule has 26 heavy (non-hydrogen) atoms. The van der Waals surface area contributed by atoms with E-state index in [2.05, 4.69) is 4.72 Å². The molecule has 3 N–H and O–H groups in total. The minimum absolute atomic E-state index is 0. The van der Waals surface area contributed by atoms with Crippen molar-refractivity contribution in [1.82, 2.24) is 4.31 Å². The van der Waals surface area contributed by atoms with Crippen molar-refractivity contribution in [2.24, 2.45) is 11.7 Å². The summed E-state index contributed by atoms with van der Waals surface area (Å²) in [6.45, 7) is 5.51. The molecule has 0 fully saturated rings. The lowest BCUT2D eigenvalue weighted by Crippen LogP contribution is -2.34. The molecule has 0 saturated carbocycles. The second kappa shape index (κ2) is 9.84. The predicted octanol–water partition coefficient (Wildman–Crippen LogP) is 2.00. The Morgan fingerprint density at radius 3 is 2.27 bits per heavy atom. The fraction of sp³-hybridized carbons (Fsp3) is 0.600. The maximum Gasteiger partial charge on any atom is 0.242 e. The highest BCUT2D eigenvalue weighted by atomic mass is 35.5. The molecule has 1 aromatic rings. The standard InChI is InChI=1S/C15H26FN3O4S2.ClH/c1-5-24(20,21)18-15-7-6-12(10-13(15)16)25(22,23)19(4)9-8-14(17)11(2)3;/h6-7,10-11,14,18H,5,8-9,17H2,1-4H3;1H. The SMILES string of the molecule is CCS(=O)(=O)Nc1ccc(S(=O)(=O)N(C)CCC(N)C(C)C)cc1F.Cl. The first-order valence-corrected chi connectivity index (χ1v) is 11.0. The van der Waals surface area contributed by atoms with Crippen LogP contribution in [0.15, 0.2) is 23.1 Å². The van der Waals surface area contributed by atoms with Crippen LogP contribution < -0.4 is 10.5 Å². The smallest absolute Gasteiger partial charge is 0.242 e. The Morgan fingerprint density at radius 1 is 1.23 bits per heavy atom. The fourth-order valence-electron chi connectivity index (χ4n) is 1.94. The number of hydrogen-bond donors (Lipinski definition) is 2. The second-order valence-electron chi connectivity index (χ2n) is 6.17. The minimum atomic E-state index is -3.89. The fourth-order valence-corrected chi connectivity index (χ4v) is 3.79. The molecule has 1 rings (SSSR count). The topological polar surface area (TPSA) is 110 Å². The molecule has 0 heterocycles. The summed E-state index contributed by atoms with van der Waals surface area (Å²) in [7, 11) is -6.14. The monoisotopic (exact) mass is 431 g/mol. The molecular weight excluding hydrogens is 405 g/mol. The van der Waals surface area contributed by atoms with Gasteiger partial charge < -0.3 is 5.73 Å². The van der Waals surface area contributed by atoms with Gasteiger partial charge in [0.25, 0.3) is 0 Å². The second-order valence-corrected chi connectivity index (χ2v) is 10.2. The summed E-state index contributed by atoms with van der Waals surface area (Å²) >= 11 is 0. The summed E-state index contributed by atoms with van der Waals surface area (Å²) in [4.78, 5) is -0.245. The summed E-state index contributed by atoms with van der Waals surface area (Å²) in [6.07, 6.45) is 0.476. The number of anilines is 1. The van der Waals surface area contributed by atoms with Gasteiger partial charge in [-0.25, -0.2) is 25.5 Å². The lowest BCUT2D eigenvalue weighted by atomic mass is 10.0. The van der Waals surface area contributed by atoms with Crippen LogP contribution in [-0.4, -0.2) is 46.5 Å². The van der Waals surface area contributed by atoms with E-state index in [9.17, 15) is 21.2 Å². The molecule has 7 nitrogen and oxygen atoms in total. The van der Waals surface area contributed by atoms with Gasteiger partial charge in [0.15, 0.2) is 0 Å². The Kier molecular flexibility index (Phi) is 9.48. The number of nitrogens with one attached hydrogen (secondary N) is 1. The van der Waals surface area contributed by atoms with Gasteiger partial charge in [0.1, 0.15) is 5.82 Å². The first-order chi connectivity index (χ1) is 11.4. The molecule has 0 aliphatic rings. The van der Waals surface area contributed by atoms with Gasteiger partial charge in [-0.2, -0.15) is 0 Å². The van der Waals surface area contributed by atoms with Gasteiger partial charge in [-0.3, -0.25) is 4.72 Å². The number of hydrogen-bond acceptors (Lipinski definition) is 5. The molecule has 0 spiro atoms. The van der Waals surface area contributed by atoms with Crippen LogP contribution >= 0.6 is 12.4 Å². The maximum atomic E-state index is 14.1. The van der Waals surface area contributed by atoms with Gasteiger partial charge in [-0.1, -0.05) is 13.8 Å². The van der Waals surface area contributed by atoms with Crippen LogP contribution in [0, 0.1) is 11.7 Å². The highest BCUT2D eigenvalue weighted by Crippen LogP contribution is 2.22. The maximum absolute atomic E-state index is 14.1. The van der Waals surface area contributed by atoms with Gasteiger partial charge >= 0.3 is 0 Å². The normalized spacial score (nSPS) is 13.5. The van der Waals surface area contributed by atoms with Gasteiger partial charge in [0.05, 0.1) is 16.3 Å². The number of benzene rings is 1. The van der Waals surface area contributed by atoms with Crippen molar-refractivity contribution in [3.63, 3.8) is 0 Å². The van der Waals surface area contributed by atoms with Crippen LogP contribution in [-0.2, 0) is 20.0 Å². The lowest BCUT2D eigenvalue weighted by molar-refractivity contribution is 0.397. The molecule has 0 amide bonds. The van der Waals surface area contributed by atoms with Crippen LogP contribution in [0.1, 0.15) is 27.2 Å². The van der Waals surface area contributed by atoms with E-state index in [0.717, 1.165) is 16.4 Å². The molecular formula is C15H27ClFN3O4S2. The van der Waals surface area contributed by atoms with Crippen molar-refractivity contribution in [1.29, 1.82) is 0 Å². The van der Waals surface area contributed by atoms with E-state index in [-0.39, 0.29) is 47.2 Å². The summed E-state index contributed by atoms with van der Waals surface area (Å²) < 4.78 is 65.3. The van der Waals surface area contributed by atoms with Crippen LogP contribution in [0.5, 0.6) is 0 Å². The van der Waals surface area contributed by atoms with E-state index in [1.54, 1.807) is 0 Å². The van der Waals surface area contributed by atoms with E-state index in [0.29, 0.717) is 6.42 Å². The van der Waals surface area contributed by atoms with Gasteiger partial charge in [0.2, 0.25) is 20.0 Å². The van der Waals surface area contributed by atoms with Crippen LogP contribution in [0.3, 0.4) is 0 Å². The third kappa shape index (κ3) is 6.66. The predicted molar refractivity (Wildman–Crippen MR) is 104 cm³/mol. The number of sulfonamides is 2. The molecule has 1 atom stereocenters. The van der Waals surface area contributed by atoms with Crippen LogP contribution in [0.2, 0.25) is 0 Å². The van der Waals surface area contributed by atoms with Crippen molar-refractivity contribution >= 4 is 38.1 Å². The first-order valence-electron chi connectivity index (χ1n) is 7.92.